The molecule has 0 fully saturated rings. The zero-order chi connectivity index (χ0) is 89.3. The highest BCUT2D eigenvalue weighted by Crippen LogP contribution is 2.50. The highest BCUT2D eigenvalue weighted by Gasteiger charge is 2.32. The number of fused-ring (bicyclic) bond motifs is 1. The molecule has 5 heterocycles. The fourth-order valence-corrected chi connectivity index (χ4v) is 16.0. The quantitative estimate of drug-likeness (QED) is 0.0163. The number of aromatic amines is 4. The molecule has 13 rings (SSSR count). The third-order valence-electron chi connectivity index (χ3n) is 19.2. The number of hydrogen-bond donors (Lipinski definition) is 9. The Kier molecular flexibility index (Phi) is 34.2. The average molecular weight is 1840 g/mol. The summed E-state index contributed by atoms with van der Waals surface area (Å²) in [6, 6.07) is 33.3. The third kappa shape index (κ3) is 22.9. The zero-order valence-electron chi connectivity index (χ0n) is 69.2. The lowest BCUT2D eigenvalue weighted by molar-refractivity contribution is -0.112. The molecule has 2 aliphatic rings. The van der Waals surface area contributed by atoms with Gasteiger partial charge in [0, 0.05) is 82.9 Å². The summed E-state index contributed by atoms with van der Waals surface area (Å²) in [4.78, 5) is 40.2. The van der Waals surface area contributed by atoms with Crippen molar-refractivity contribution in [3.8, 4) is 115 Å². The highest BCUT2D eigenvalue weighted by atomic mass is 35.5. The molecule has 11 aromatic rings. The minimum Gasteiger partial charge on any atom is -0.495 e. The predicted molar refractivity (Wildman–Crippen MR) is 495 cm³/mol. The summed E-state index contributed by atoms with van der Waals surface area (Å²) >= 11 is 51.8. The summed E-state index contributed by atoms with van der Waals surface area (Å²) in [5.74, 6) is 19.4. The summed E-state index contributed by atoms with van der Waals surface area (Å²) in [5.41, 5.74) is 16.9. The number of anilines is 5. The van der Waals surface area contributed by atoms with E-state index in [2.05, 4.69) is 134 Å². The van der Waals surface area contributed by atoms with Gasteiger partial charge in [-0.2, -0.15) is 20.4 Å². The number of aromatic nitrogens is 8. The first-order valence-electron chi connectivity index (χ1n) is 38.1. The van der Waals surface area contributed by atoms with E-state index in [1.807, 2.05) is 74.5 Å². The smallest absolute Gasteiger partial charge is 0.300 e. The van der Waals surface area contributed by atoms with Gasteiger partial charge in [0.15, 0.2) is 5.75 Å². The number of ether oxygens (including phenoxy) is 8. The molecule has 124 heavy (non-hydrogen) atoms. The normalized spacial score (nSPS) is 12.0. The van der Waals surface area contributed by atoms with E-state index in [9.17, 15) is 14.4 Å². The number of amides is 3. The molecule has 0 saturated heterocycles. The van der Waals surface area contributed by atoms with Crippen molar-refractivity contribution in [2.45, 2.75) is 78.9 Å². The minimum atomic E-state index is -0.386. The van der Waals surface area contributed by atoms with Crippen molar-refractivity contribution >= 4 is 145 Å². The van der Waals surface area contributed by atoms with Crippen molar-refractivity contribution < 1.29 is 52.3 Å². The van der Waals surface area contributed by atoms with Crippen LogP contribution in [0.15, 0.2) is 157 Å². The van der Waals surface area contributed by atoms with Crippen LogP contribution in [0, 0.1) is 35.5 Å². The number of aliphatic imine (C=N–C) groups is 1. The van der Waals surface area contributed by atoms with E-state index in [-0.39, 0.29) is 30.2 Å². The van der Waals surface area contributed by atoms with Crippen LogP contribution in [-0.4, -0.2) is 127 Å². The molecular weight excluding hydrogens is 1750 g/mol. The van der Waals surface area contributed by atoms with Crippen molar-refractivity contribution in [2.24, 2.45) is 4.99 Å². The fraction of sp³-hybridized carbons (Fsp3) is 0.231. The maximum absolute atomic E-state index is 11.9. The second-order valence-electron chi connectivity index (χ2n) is 26.9. The summed E-state index contributed by atoms with van der Waals surface area (Å²) < 4.78 is 43.3. The Balaban J connectivity index is 0.000000173. The molecule has 1 aliphatic carbocycles. The number of aryl methyl sites for hydroxylation is 1. The van der Waals surface area contributed by atoms with Gasteiger partial charge in [-0.25, -0.2) is 0 Å². The number of H-pyrrole nitrogens is 4. The summed E-state index contributed by atoms with van der Waals surface area (Å²) in [6.45, 7) is 16.1. The lowest BCUT2D eigenvalue weighted by Crippen LogP contribution is -2.14. The Morgan fingerprint density at radius 1 is 0.565 bits per heavy atom. The molecule has 3 amide bonds. The molecule has 1 atom stereocenters. The van der Waals surface area contributed by atoms with Crippen LogP contribution in [0.3, 0.4) is 0 Å². The van der Waals surface area contributed by atoms with Crippen LogP contribution in [0.2, 0.25) is 40.2 Å². The largest absolute Gasteiger partial charge is 0.495 e. The maximum Gasteiger partial charge on any atom is 0.300 e. The van der Waals surface area contributed by atoms with Gasteiger partial charge in [-0.3, -0.25) is 39.8 Å². The maximum atomic E-state index is 11.9. The van der Waals surface area contributed by atoms with E-state index in [0.717, 1.165) is 80.0 Å². The van der Waals surface area contributed by atoms with Crippen molar-refractivity contribution in [3.63, 3.8) is 0 Å². The van der Waals surface area contributed by atoms with Crippen LogP contribution in [0.4, 0.5) is 28.6 Å². The molecular formula is C91H86Cl8N14O11. The van der Waals surface area contributed by atoms with E-state index in [0.29, 0.717) is 182 Å². The van der Waals surface area contributed by atoms with Gasteiger partial charge in [-0.15, -0.1) is 5.92 Å². The van der Waals surface area contributed by atoms with Crippen LogP contribution < -0.4 is 64.5 Å². The number of carbonyl (C=O) groups is 3. The minimum absolute atomic E-state index is 0.0616. The number of hydrogen-bond acceptors (Lipinski definition) is 18. The second kappa shape index (κ2) is 45.2. The van der Waals surface area contributed by atoms with Gasteiger partial charge in [-0.05, 0) is 123 Å². The number of benzene rings is 7. The van der Waals surface area contributed by atoms with Crippen LogP contribution in [0.1, 0.15) is 84.8 Å². The Bertz CT molecular complexity index is 5760. The van der Waals surface area contributed by atoms with E-state index in [1.165, 1.54) is 20.3 Å². The number of methoxy groups -OCH3 is 7. The molecule has 0 bridgehead atoms. The molecule has 4 aromatic heterocycles. The Labute approximate surface area is 757 Å². The van der Waals surface area contributed by atoms with Crippen molar-refractivity contribution in [2.75, 3.05) is 89.4 Å². The lowest BCUT2D eigenvalue weighted by Gasteiger charge is -2.26. The molecule has 25 nitrogen and oxygen atoms in total. The molecule has 1 unspecified atom stereocenters. The van der Waals surface area contributed by atoms with E-state index < -0.39 is 0 Å². The molecule has 642 valence electrons. The van der Waals surface area contributed by atoms with Crippen LogP contribution >= 0.6 is 92.8 Å². The van der Waals surface area contributed by atoms with E-state index in [4.69, 9.17) is 136 Å². The molecule has 33 heteroatoms. The van der Waals surface area contributed by atoms with Gasteiger partial charge in [0.2, 0.25) is 5.91 Å². The predicted octanol–water partition coefficient (Wildman–Crippen LogP) is 21.0. The summed E-state index contributed by atoms with van der Waals surface area (Å²) in [6.07, 6.45) is 8.47. The summed E-state index contributed by atoms with van der Waals surface area (Å²) in [5, 5.41) is 47.2. The molecule has 7 aromatic carbocycles. The van der Waals surface area contributed by atoms with Gasteiger partial charge in [-0.1, -0.05) is 191 Å². The topological polar surface area (TPSA) is 312 Å². The van der Waals surface area contributed by atoms with Gasteiger partial charge in [0.1, 0.15) is 79.1 Å². The highest BCUT2D eigenvalue weighted by molar-refractivity contribution is 6.41. The first kappa shape index (κ1) is 93.9. The SMILES string of the molecule is C=C(C#CC)Cc1ccccc1C1=NCC(CNc2c(Cl)c(OC)cc(OC)c2Cl)=C1.C=CC(=O)Nc1cn[nH]c1-c1n[nH]c2c1CCC(c1c(Cl)c(OC)cc(OC)c1Cl)C2.CC#CC(=O)Nc1ccccc1-c1cc(COc2c(Cl)c(CC)cc(OC)c2Cl)[nH]n1.CC#CC(=O)Nc1ccccc1-c1cc(NCc2c(Cl)c(OC)cc(OC)c2Cl)n[nH]1. The number of halogens is 8. The van der Waals surface area contributed by atoms with Gasteiger partial charge in [0.25, 0.3) is 11.8 Å². The van der Waals surface area contributed by atoms with Gasteiger partial charge < -0.3 is 64.5 Å². The molecule has 0 saturated carbocycles. The zero-order valence-corrected chi connectivity index (χ0v) is 75.3. The standard InChI is InChI=1S/C25H24Cl2N2O2.C23H21Cl2N3O3.C22H20Cl2N4O3.C21H21Cl2N5O3/c1-5-8-16(2)11-18-9-6-7-10-19(18)20-12-17(14-28-20)15-29-25-23(26)21(30-3)13-22(31-4)24(25)27;1-4-8-20(29)26-17-10-7-6-9-16(17)18-12-15(27-28-18)13-31-23-21(24)14(5-2)11-19(30-3)22(23)25;1-4-7-20(29)26-15-9-6-5-8-13(15)16-10-19(28-27-16)25-12-14-21(23)17(30-2)11-18(31-3)22(14)24;1-4-16(29)25-13-9-24-27-21(13)20-11-6-5-10(7-12(11)26-28-20)17-18(22)14(30-2)8-15(31-3)19(17)23/h6-7,9-10,12-13,29H,2,11,14-15H2,1,3-4H3;6-7,9-12H,5,13H2,1-3H3,(H,26,29)(H,27,28);5-6,8-11H,12H2,1-3H3,(H,26,29)(H2,25,27,28);4,8-10H,1,5-7H2,2-3H3,(H,24,27)(H,25,29)(H,26,28). The molecule has 0 spiro atoms. The number of nitrogens with one attached hydrogen (secondary N) is 9. The van der Waals surface area contributed by atoms with Crippen molar-refractivity contribution in [1.29, 1.82) is 0 Å². The lowest BCUT2D eigenvalue weighted by atomic mass is 9.82. The average Bonchev–Trinajstić information content (AvgIpc) is 1.14. The molecule has 9 N–H and O–H groups in total. The van der Waals surface area contributed by atoms with Gasteiger partial charge in [0.05, 0.1) is 133 Å². The van der Waals surface area contributed by atoms with Crippen LogP contribution in [0.25, 0.3) is 33.9 Å². The molecule has 1 aliphatic heterocycles. The van der Waals surface area contributed by atoms with Crippen LogP contribution in [0.5, 0.6) is 46.0 Å². The van der Waals surface area contributed by atoms with Gasteiger partial charge >= 0.3 is 0 Å². The first-order valence-corrected chi connectivity index (χ1v) is 41.1. The summed E-state index contributed by atoms with van der Waals surface area (Å²) in [7, 11) is 10.8. The van der Waals surface area contributed by atoms with E-state index >= 15 is 0 Å². The van der Waals surface area contributed by atoms with Crippen molar-refractivity contribution in [3.05, 3.63) is 237 Å². The second-order valence-corrected chi connectivity index (χ2v) is 29.9. The third-order valence-corrected chi connectivity index (χ3v) is 22.4. The van der Waals surface area contributed by atoms with E-state index in [1.54, 1.807) is 92.0 Å². The number of nitrogens with zero attached hydrogens (tertiary/aromatic N) is 5. The number of carbonyl (C=O) groups excluding carboxylic acids is 3. The number of rotatable bonds is 28. The Morgan fingerprint density at radius 3 is 1.71 bits per heavy atom. The monoisotopic (exact) mass is 1830 g/mol. The number of para-hydroxylation sites is 2. The fourth-order valence-electron chi connectivity index (χ4n) is 13.2. The Morgan fingerprint density at radius 2 is 1.12 bits per heavy atom. The van der Waals surface area contributed by atoms with Crippen molar-refractivity contribution in [1.82, 2.24) is 40.8 Å². The first-order chi connectivity index (χ1) is 59.9. The molecule has 0 radical (unpaired) electrons. The Hall–Kier alpha value is -12.3. The van der Waals surface area contributed by atoms with Crippen LogP contribution in [-0.2, 0) is 53.2 Å². The number of allylic oxidation sites excluding steroid dienone is 2.